The zero-order valence-corrected chi connectivity index (χ0v) is 12.5. The summed E-state index contributed by atoms with van der Waals surface area (Å²) in [5, 5.41) is 15.0. The third kappa shape index (κ3) is 2.06. The van der Waals surface area contributed by atoms with Crippen LogP contribution in [-0.4, -0.2) is 15.1 Å². The number of hydrogen-bond acceptors (Lipinski definition) is 4. The number of rotatable bonds is 1. The Morgan fingerprint density at radius 1 is 1.10 bits per heavy atom. The van der Waals surface area contributed by atoms with Crippen LogP contribution in [0.15, 0.2) is 35.8 Å². The molecule has 2 aromatic heterocycles. The molecule has 0 saturated carbocycles. The molecule has 0 bridgehead atoms. The third-order valence-electron chi connectivity index (χ3n) is 3.23. The molecule has 0 aliphatic rings. The molecule has 3 rings (SSSR count). The van der Waals surface area contributed by atoms with Gasteiger partial charge in [-0.15, -0.1) is 11.3 Å². The van der Waals surface area contributed by atoms with E-state index in [2.05, 4.69) is 25.8 Å². The summed E-state index contributed by atoms with van der Waals surface area (Å²) in [7, 11) is 0. The maximum Gasteiger partial charge on any atom is 0.152 e. The van der Waals surface area contributed by atoms with E-state index in [1.165, 1.54) is 11.3 Å². The zero-order valence-electron chi connectivity index (χ0n) is 11.7. The normalized spacial score (nSPS) is 11.9. The van der Waals surface area contributed by atoms with Crippen LogP contribution >= 0.6 is 11.3 Å². The molecule has 0 aliphatic carbocycles. The van der Waals surface area contributed by atoms with Crippen molar-refractivity contribution in [3.63, 3.8) is 0 Å². The predicted molar refractivity (Wildman–Crippen MR) is 83.2 cm³/mol. The van der Waals surface area contributed by atoms with Crippen molar-refractivity contribution in [2.45, 2.75) is 26.2 Å². The van der Waals surface area contributed by atoms with E-state index in [9.17, 15) is 5.11 Å². The lowest BCUT2D eigenvalue weighted by molar-refractivity contribution is 0.479. The molecule has 20 heavy (non-hydrogen) atoms. The van der Waals surface area contributed by atoms with E-state index in [4.69, 9.17) is 4.98 Å². The first-order chi connectivity index (χ1) is 9.48. The van der Waals surface area contributed by atoms with Crippen molar-refractivity contribution < 1.29 is 5.11 Å². The van der Waals surface area contributed by atoms with Gasteiger partial charge in [0.2, 0.25) is 0 Å². The fraction of sp³-hybridized carbons (Fsp3) is 0.250. The summed E-state index contributed by atoms with van der Waals surface area (Å²) in [6, 6.07) is 7.84. The van der Waals surface area contributed by atoms with E-state index in [-0.39, 0.29) is 11.2 Å². The van der Waals surface area contributed by atoms with Gasteiger partial charge in [-0.1, -0.05) is 45.0 Å². The van der Waals surface area contributed by atoms with Crippen molar-refractivity contribution in [3.8, 4) is 16.5 Å². The Morgan fingerprint density at radius 2 is 1.80 bits per heavy atom. The summed E-state index contributed by atoms with van der Waals surface area (Å²) < 4.78 is 0. The quantitative estimate of drug-likeness (QED) is 0.722. The average molecular weight is 284 g/mol. The molecule has 0 unspecified atom stereocenters. The van der Waals surface area contributed by atoms with Crippen LogP contribution in [-0.2, 0) is 5.41 Å². The summed E-state index contributed by atoms with van der Waals surface area (Å²) >= 11 is 1.48. The van der Waals surface area contributed by atoms with Gasteiger partial charge in [0.25, 0.3) is 0 Å². The molecule has 0 amide bonds. The average Bonchev–Trinajstić information content (AvgIpc) is 2.92. The fourth-order valence-corrected chi connectivity index (χ4v) is 2.94. The lowest BCUT2D eigenvalue weighted by Crippen LogP contribution is -2.14. The van der Waals surface area contributed by atoms with Crippen LogP contribution in [0.5, 0.6) is 5.75 Å². The molecule has 4 heteroatoms. The van der Waals surface area contributed by atoms with Crippen LogP contribution in [0.25, 0.3) is 21.5 Å². The largest absolute Gasteiger partial charge is 0.505 e. The van der Waals surface area contributed by atoms with E-state index in [0.29, 0.717) is 5.69 Å². The van der Waals surface area contributed by atoms with Crippen LogP contribution in [0.1, 0.15) is 26.5 Å². The minimum absolute atomic E-state index is 0.0979. The molecule has 0 saturated heterocycles. The monoisotopic (exact) mass is 284 g/mol. The van der Waals surface area contributed by atoms with Gasteiger partial charge in [0, 0.05) is 27.8 Å². The number of benzene rings is 1. The molecule has 102 valence electrons. The fourth-order valence-electron chi connectivity index (χ4n) is 2.31. The Morgan fingerprint density at radius 3 is 2.40 bits per heavy atom. The predicted octanol–water partition coefficient (Wildman–Crippen LogP) is 4.36. The topological polar surface area (TPSA) is 46.0 Å². The van der Waals surface area contributed by atoms with Gasteiger partial charge in [-0.3, -0.25) is 0 Å². The van der Waals surface area contributed by atoms with Gasteiger partial charge in [-0.2, -0.15) is 0 Å². The highest BCUT2D eigenvalue weighted by molar-refractivity contribution is 7.13. The number of thiazole rings is 1. The van der Waals surface area contributed by atoms with Crippen molar-refractivity contribution in [3.05, 3.63) is 41.5 Å². The number of aromatic hydroxyl groups is 1. The number of aromatic nitrogens is 2. The van der Waals surface area contributed by atoms with Crippen molar-refractivity contribution in [1.82, 2.24) is 9.97 Å². The molecule has 0 spiro atoms. The lowest BCUT2D eigenvalue weighted by atomic mass is 9.87. The van der Waals surface area contributed by atoms with E-state index in [1.807, 2.05) is 29.6 Å². The minimum atomic E-state index is -0.0979. The molecule has 3 aromatic rings. The number of fused-ring (bicyclic) bond motifs is 1. The van der Waals surface area contributed by atoms with Gasteiger partial charge < -0.3 is 5.11 Å². The first kappa shape index (κ1) is 13.1. The summed E-state index contributed by atoms with van der Waals surface area (Å²) in [6.45, 7) is 6.39. The Hall–Kier alpha value is -1.94. The number of hydrogen-bond donors (Lipinski definition) is 1. The van der Waals surface area contributed by atoms with E-state index in [0.717, 1.165) is 21.5 Å². The maximum absolute atomic E-state index is 10.5. The van der Waals surface area contributed by atoms with E-state index < -0.39 is 0 Å². The third-order valence-corrected chi connectivity index (χ3v) is 4.01. The number of pyridine rings is 1. The highest BCUT2D eigenvalue weighted by Gasteiger charge is 2.23. The van der Waals surface area contributed by atoms with Crippen molar-refractivity contribution >= 4 is 22.1 Å². The summed E-state index contributed by atoms with van der Waals surface area (Å²) in [4.78, 5) is 8.99. The zero-order chi connectivity index (χ0) is 14.3. The maximum atomic E-state index is 10.5. The van der Waals surface area contributed by atoms with Crippen LogP contribution < -0.4 is 0 Å². The molecule has 0 radical (unpaired) electrons. The molecule has 3 nitrogen and oxygen atoms in total. The second kappa shape index (κ2) is 4.56. The van der Waals surface area contributed by atoms with Crippen molar-refractivity contribution in [2.24, 2.45) is 0 Å². The first-order valence-corrected chi connectivity index (χ1v) is 7.38. The molecule has 0 fully saturated rings. The van der Waals surface area contributed by atoms with E-state index >= 15 is 0 Å². The SMILES string of the molecule is CC(C)(C)c1nc(-c2nccs2)c(O)c2ccccc12. The Balaban J connectivity index is 2.41. The molecule has 0 aliphatic heterocycles. The number of nitrogens with zero attached hydrogens (tertiary/aromatic N) is 2. The molecular weight excluding hydrogens is 268 g/mol. The second-order valence-corrected chi connectivity index (χ2v) is 6.69. The lowest BCUT2D eigenvalue weighted by Gasteiger charge is -2.21. The Labute approximate surface area is 122 Å². The van der Waals surface area contributed by atoms with Gasteiger partial charge >= 0.3 is 0 Å². The molecule has 2 heterocycles. The second-order valence-electron chi connectivity index (χ2n) is 5.79. The van der Waals surface area contributed by atoms with Crippen LogP contribution in [0.2, 0.25) is 0 Å². The summed E-state index contributed by atoms with van der Waals surface area (Å²) in [6.07, 6.45) is 1.73. The molecule has 0 atom stereocenters. The van der Waals surface area contributed by atoms with Gasteiger partial charge in [-0.05, 0) is 0 Å². The van der Waals surface area contributed by atoms with Crippen LogP contribution in [0.3, 0.4) is 0 Å². The minimum Gasteiger partial charge on any atom is -0.505 e. The van der Waals surface area contributed by atoms with E-state index in [1.54, 1.807) is 6.20 Å². The standard InChI is InChI=1S/C16H16N2OS/c1-16(2,3)14-11-7-5-4-6-10(11)13(19)12(18-14)15-17-8-9-20-15/h4-9,19H,1-3H3. The van der Waals surface area contributed by atoms with Gasteiger partial charge in [0.15, 0.2) is 5.75 Å². The molecule has 1 N–H and O–H groups in total. The van der Waals surface area contributed by atoms with Gasteiger partial charge in [0.1, 0.15) is 10.7 Å². The first-order valence-electron chi connectivity index (χ1n) is 6.50. The summed E-state index contributed by atoms with van der Waals surface area (Å²) in [5.41, 5.74) is 1.46. The van der Waals surface area contributed by atoms with Crippen molar-refractivity contribution in [2.75, 3.05) is 0 Å². The van der Waals surface area contributed by atoms with Crippen LogP contribution in [0, 0.1) is 0 Å². The molecule has 1 aromatic carbocycles. The Kier molecular flexibility index (Phi) is 2.98. The smallest absolute Gasteiger partial charge is 0.152 e. The highest BCUT2D eigenvalue weighted by atomic mass is 32.1. The van der Waals surface area contributed by atoms with Gasteiger partial charge in [0.05, 0.1) is 5.69 Å². The van der Waals surface area contributed by atoms with Crippen LogP contribution in [0.4, 0.5) is 0 Å². The highest BCUT2D eigenvalue weighted by Crippen LogP contribution is 2.39. The molecular formula is C16H16N2OS. The van der Waals surface area contributed by atoms with Gasteiger partial charge in [-0.25, -0.2) is 9.97 Å². The van der Waals surface area contributed by atoms with Crippen molar-refractivity contribution in [1.29, 1.82) is 0 Å². The Bertz CT molecular complexity index is 758. The summed E-state index contributed by atoms with van der Waals surface area (Å²) in [5.74, 6) is 0.212.